The molecule has 0 radical (unpaired) electrons. The van der Waals surface area contributed by atoms with Crippen LogP contribution in [0.25, 0.3) is 0 Å². The van der Waals surface area contributed by atoms with Gasteiger partial charge in [0.1, 0.15) is 19.2 Å². The third kappa shape index (κ3) is 7.19. The van der Waals surface area contributed by atoms with Crippen molar-refractivity contribution in [2.45, 2.75) is 26.0 Å². The molecule has 0 saturated carbocycles. The van der Waals surface area contributed by atoms with E-state index in [9.17, 15) is 19.5 Å². The van der Waals surface area contributed by atoms with Gasteiger partial charge in [-0.25, -0.2) is 9.59 Å². The summed E-state index contributed by atoms with van der Waals surface area (Å²) in [6.45, 7) is 1.62. The van der Waals surface area contributed by atoms with E-state index in [-0.39, 0.29) is 19.6 Å². The molecule has 0 bridgehead atoms. The standard InChI is InChI=1S/C20H22N2O5/c1-14-6-5-9-16(10-14)11-17(19(24)25)22-18(23)12-21-20(26)27-13-15-7-3-2-4-8-15/h2-10,17H,11-13H2,1H3,(H,21,26)(H,22,23)(H,24,25)/t17-/m1/s1. The van der Waals surface area contributed by atoms with Gasteiger partial charge in [0.05, 0.1) is 0 Å². The molecule has 27 heavy (non-hydrogen) atoms. The van der Waals surface area contributed by atoms with Crippen LogP contribution in [0.1, 0.15) is 16.7 Å². The van der Waals surface area contributed by atoms with Gasteiger partial charge in [-0.2, -0.15) is 0 Å². The fourth-order valence-corrected chi connectivity index (χ4v) is 2.45. The van der Waals surface area contributed by atoms with Gasteiger partial charge >= 0.3 is 12.1 Å². The Morgan fingerprint density at radius 1 is 1.04 bits per heavy atom. The Morgan fingerprint density at radius 3 is 2.41 bits per heavy atom. The number of hydrogen-bond acceptors (Lipinski definition) is 4. The average molecular weight is 370 g/mol. The van der Waals surface area contributed by atoms with Gasteiger partial charge in [-0.15, -0.1) is 0 Å². The van der Waals surface area contributed by atoms with Crippen molar-refractivity contribution in [2.75, 3.05) is 6.54 Å². The predicted octanol–water partition coefficient (Wildman–Crippen LogP) is 2.03. The number of aryl methyl sites for hydroxylation is 1. The maximum Gasteiger partial charge on any atom is 0.407 e. The lowest BCUT2D eigenvalue weighted by Crippen LogP contribution is -2.46. The Labute approximate surface area is 157 Å². The lowest BCUT2D eigenvalue weighted by atomic mass is 10.0. The van der Waals surface area contributed by atoms with Crippen LogP contribution in [-0.2, 0) is 27.4 Å². The number of carboxylic acids is 1. The minimum atomic E-state index is -1.14. The number of aliphatic carboxylic acids is 1. The van der Waals surface area contributed by atoms with Gasteiger partial charge in [-0.3, -0.25) is 4.79 Å². The Morgan fingerprint density at radius 2 is 1.74 bits per heavy atom. The largest absolute Gasteiger partial charge is 0.480 e. The van der Waals surface area contributed by atoms with Crippen molar-refractivity contribution in [3.05, 3.63) is 71.3 Å². The second kappa shape index (κ2) is 9.96. The van der Waals surface area contributed by atoms with Gasteiger partial charge in [-0.1, -0.05) is 60.2 Å². The topological polar surface area (TPSA) is 105 Å². The number of benzene rings is 2. The summed E-state index contributed by atoms with van der Waals surface area (Å²) in [4.78, 5) is 35.0. The number of carbonyl (C=O) groups is 3. The monoisotopic (exact) mass is 370 g/mol. The third-order valence-electron chi connectivity index (χ3n) is 3.76. The molecular weight excluding hydrogens is 348 g/mol. The highest BCUT2D eigenvalue weighted by Gasteiger charge is 2.20. The number of nitrogens with one attached hydrogen (secondary N) is 2. The Balaban J connectivity index is 1.78. The van der Waals surface area contributed by atoms with Crippen LogP contribution in [0.2, 0.25) is 0 Å². The van der Waals surface area contributed by atoms with Crippen molar-refractivity contribution in [3.63, 3.8) is 0 Å². The molecule has 0 aliphatic carbocycles. The molecule has 3 N–H and O–H groups in total. The van der Waals surface area contributed by atoms with Crippen molar-refractivity contribution in [3.8, 4) is 0 Å². The summed E-state index contributed by atoms with van der Waals surface area (Å²) in [7, 11) is 0. The first-order valence-corrected chi connectivity index (χ1v) is 8.46. The maximum atomic E-state index is 11.9. The minimum Gasteiger partial charge on any atom is -0.480 e. The van der Waals surface area contributed by atoms with E-state index >= 15 is 0 Å². The zero-order valence-electron chi connectivity index (χ0n) is 15.0. The smallest absolute Gasteiger partial charge is 0.407 e. The van der Waals surface area contributed by atoms with Gasteiger partial charge in [0.2, 0.25) is 5.91 Å². The highest BCUT2D eigenvalue weighted by atomic mass is 16.5. The zero-order valence-corrected chi connectivity index (χ0v) is 15.0. The Kier molecular flexibility index (Phi) is 7.37. The number of alkyl carbamates (subject to hydrolysis) is 1. The summed E-state index contributed by atoms with van der Waals surface area (Å²) in [5, 5.41) is 14.0. The summed E-state index contributed by atoms with van der Waals surface area (Å²) in [6, 6.07) is 15.4. The van der Waals surface area contributed by atoms with Crippen LogP contribution < -0.4 is 10.6 Å². The predicted molar refractivity (Wildman–Crippen MR) is 99.1 cm³/mol. The van der Waals surface area contributed by atoms with E-state index in [1.165, 1.54) is 0 Å². The number of ether oxygens (including phenoxy) is 1. The van der Waals surface area contributed by atoms with Crippen molar-refractivity contribution < 1.29 is 24.2 Å². The van der Waals surface area contributed by atoms with Gasteiger partial charge in [-0.05, 0) is 18.1 Å². The molecule has 0 aromatic heterocycles. The van der Waals surface area contributed by atoms with E-state index in [1.54, 1.807) is 6.07 Å². The van der Waals surface area contributed by atoms with E-state index in [0.29, 0.717) is 0 Å². The second-order valence-corrected chi connectivity index (χ2v) is 6.07. The Hall–Kier alpha value is -3.35. The van der Waals surface area contributed by atoms with Gasteiger partial charge in [0, 0.05) is 6.42 Å². The summed E-state index contributed by atoms with van der Waals surface area (Å²) in [6.07, 6.45) is -0.596. The number of carbonyl (C=O) groups excluding carboxylic acids is 2. The molecule has 2 aromatic carbocycles. The highest BCUT2D eigenvalue weighted by molar-refractivity contribution is 5.86. The molecule has 0 spiro atoms. The van der Waals surface area contributed by atoms with Gasteiger partial charge in [0.15, 0.2) is 0 Å². The fourth-order valence-electron chi connectivity index (χ4n) is 2.45. The summed E-state index contributed by atoms with van der Waals surface area (Å²) >= 11 is 0. The highest BCUT2D eigenvalue weighted by Crippen LogP contribution is 2.07. The molecule has 0 saturated heterocycles. The molecule has 7 nitrogen and oxygen atoms in total. The first-order valence-electron chi connectivity index (χ1n) is 8.46. The number of rotatable bonds is 8. The van der Waals surface area contributed by atoms with Crippen molar-refractivity contribution in [1.82, 2.24) is 10.6 Å². The number of carboxylic acid groups (broad SMARTS) is 1. The fraction of sp³-hybridized carbons (Fsp3) is 0.250. The van der Waals surface area contributed by atoms with Gasteiger partial charge < -0.3 is 20.5 Å². The molecule has 2 rings (SSSR count). The lowest BCUT2D eigenvalue weighted by molar-refractivity contribution is -0.141. The lowest BCUT2D eigenvalue weighted by Gasteiger charge is -2.15. The number of hydrogen-bond donors (Lipinski definition) is 3. The normalized spacial score (nSPS) is 11.3. The van der Waals surface area contributed by atoms with Gasteiger partial charge in [0.25, 0.3) is 0 Å². The first kappa shape index (κ1) is 20.0. The summed E-state index contributed by atoms with van der Waals surface area (Å²) < 4.78 is 4.99. The SMILES string of the molecule is Cc1cccc(C[C@@H](NC(=O)CNC(=O)OCc2ccccc2)C(=O)O)c1. The molecule has 142 valence electrons. The second-order valence-electron chi connectivity index (χ2n) is 6.07. The number of amides is 2. The van der Waals surface area contributed by atoms with Crippen LogP contribution in [-0.4, -0.2) is 35.7 Å². The molecule has 0 heterocycles. The quantitative estimate of drug-likeness (QED) is 0.659. The third-order valence-corrected chi connectivity index (χ3v) is 3.76. The van der Waals surface area contributed by atoms with E-state index in [0.717, 1.165) is 16.7 Å². The van der Waals surface area contributed by atoms with Crippen molar-refractivity contribution >= 4 is 18.0 Å². The molecule has 1 atom stereocenters. The van der Waals surface area contributed by atoms with E-state index < -0.39 is 24.0 Å². The van der Waals surface area contributed by atoms with Crippen LogP contribution in [0.15, 0.2) is 54.6 Å². The van der Waals surface area contributed by atoms with E-state index in [2.05, 4.69) is 10.6 Å². The van der Waals surface area contributed by atoms with Crippen LogP contribution in [0.3, 0.4) is 0 Å². The average Bonchev–Trinajstić information content (AvgIpc) is 2.65. The summed E-state index contributed by atoms with van der Waals surface area (Å²) in [5.74, 6) is -1.75. The Bertz CT molecular complexity index is 792. The molecule has 7 heteroatoms. The molecule has 0 fully saturated rings. The molecule has 0 aliphatic rings. The molecule has 0 unspecified atom stereocenters. The minimum absolute atomic E-state index is 0.0827. The van der Waals surface area contributed by atoms with E-state index in [1.807, 2.05) is 55.5 Å². The molecule has 0 aliphatic heterocycles. The maximum absolute atomic E-state index is 11.9. The molecule has 2 aromatic rings. The first-order chi connectivity index (χ1) is 12.9. The zero-order chi connectivity index (χ0) is 19.6. The van der Waals surface area contributed by atoms with Crippen LogP contribution in [0, 0.1) is 6.92 Å². The van der Waals surface area contributed by atoms with Crippen molar-refractivity contribution in [1.29, 1.82) is 0 Å². The van der Waals surface area contributed by atoms with Crippen LogP contribution in [0.5, 0.6) is 0 Å². The molecular formula is C20H22N2O5. The van der Waals surface area contributed by atoms with Crippen LogP contribution >= 0.6 is 0 Å². The van der Waals surface area contributed by atoms with Crippen molar-refractivity contribution in [2.24, 2.45) is 0 Å². The van der Waals surface area contributed by atoms with Crippen LogP contribution in [0.4, 0.5) is 4.79 Å². The molecule has 2 amide bonds. The van der Waals surface area contributed by atoms with E-state index in [4.69, 9.17) is 4.74 Å². The summed E-state index contributed by atoms with van der Waals surface area (Å²) in [5.41, 5.74) is 2.63.